The van der Waals surface area contributed by atoms with Gasteiger partial charge in [0.15, 0.2) is 0 Å². The van der Waals surface area contributed by atoms with E-state index in [1.807, 2.05) is 0 Å². The molecule has 1 aliphatic carbocycles. The lowest BCUT2D eigenvalue weighted by Gasteiger charge is -2.31. The fraction of sp³-hybridized carbons (Fsp3) is 1.00. The number of sulfonamides is 1. The molecule has 1 aliphatic heterocycles. The van der Waals surface area contributed by atoms with Gasteiger partial charge in [0.05, 0.1) is 6.26 Å². The van der Waals surface area contributed by atoms with Crippen LogP contribution in [0.25, 0.3) is 0 Å². The highest BCUT2D eigenvalue weighted by Crippen LogP contribution is 2.34. The molecule has 0 aromatic carbocycles. The van der Waals surface area contributed by atoms with Crippen molar-refractivity contribution >= 4 is 10.0 Å². The zero-order valence-corrected chi connectivity index (χ0v) is 11.0. The highest BCUT2D eigenvalue weighted by Gasteiger charge is 2.37. The average molecular weight is 246 g/mol. The maximum Gasteiger partial charge on any atom is 0.211 e. The van der Waals surface area contributed by atoms with Gasteiger partial charge >= 0.3 is 0 Å². The van der Waals surface area contributed by atoms with Gasteiger partial charge in [0.25, 0.3) is 0 Å². The Labute approximate surface area is 98.4 Å². The summed E-state index contributed by atoms with van der Waals surface area (Å²) in [6, 6.07) is 0. The zero-order valence-electron chi connectivity index (χ0n) is 10.2. The summed E-state index contributed by atoms with van der Waals surface area (Å²) in [7, 11) is -2.99. The van der Waals surface area contributed by atoms with Crippen LogP contribution in [0.2, 0.25) is 0 Å². The Balaban J connectivity index is 1.82. The molecule has 1 saturated carbocycles. The normalized spacial score (nSPS) is 30.2. The zero-order chi connectivity index (χ0) is 11.8. The molecule has 4 nitrogen and oxygen atoms in total. The van der Waals surface area contributed by atoms with E-state index in [0.29, 0.717) is 24.5 Å². The molecule has 1 N–H and O–H groups in total. The van der Waals surface area contributed by atoms with Crippen molar-refractivity contribution in [1.82, 2.24) is 9.62 Å². The van der Waals surface area contributed by atoms with Gasteiger partial charge in [-0.1, -0.05) is 0 Å². The molecule has 5 heteroatoms. The molecule has 1 atom stereocenters. The van der Waals surface area contributed by atoms with Crippen LogP contribution in [0.15, 0.2) is 0 Å². The molecule has 0 radical (unpaired) electrons. The van der Waals surface area contributed by atoms with Gasteiger partial charge in [-0.25, -0.2) is 12.7 Å². The number of hydrogen-bond donors (Lipinski definition) is 1. The molecule has 0 aromatic rings. The first kappa shape index (κ1) is 12.3. The second-order valence-corrected chi connectivity index (χ2v) is 7.55. The first-order valence-corrected chi connectivity index (χ1v) is 7.94. The smallest absolute Gasteiger partial charge is 0.211 e. The van der Waals surface area contributed by atoms with E-state index in [-0.39, 0.29) is 0 Å². The Hall–Kier alpha value is -0.130. The number of hydrogen-bond acceptors (Lipinski definition) is 3. The van der Waals surface area contributed by atoms with Crippen molar-refractivity contribution in [2.75, 3.05) is 25.9 Å². The number of nitrogens with zero attached hydrogens (tertiary/aromatic N) is 1. The second-order valence-electron chi connectivity index (χ2n) is 5.57. The topological polar surface area (TPSA) is 49.4 Å². The van der Waals surface area contributed by atoms with Gasteiger partial charge in [0.1, 0.15) is 0 Å². The molecule has 2 rings (SSSR count). The van der Waals surface area contributed by atoms with E-state index in [4.69, 9.17) is 0 Å². The number of nitrogens with one attached hydrogen (secondary N) is 1. The van der Waals surface area contributed by atoms with Gasteiger partial charge in [-0.2, -0.15) is 0 Å². The molecule has 16 heavy (non-hydrogen) atoms. The Bertz CT molecular complexity index is 349. The quantitative estimate of drug-likeness (QED) is 0.798. The van der Waals surface area contributed by atoms with E-state index in [2.05, 4.69) is 12.2 Å². The van der Waals surface area contributed by atoms with Crippen LogP contribution in [0.5, 0.6) is 0 Å². The third kappa shape index (κ3) is 3.18. The van der Waals surface area contributed by atoms with E-state index in [0.717, 1.165) is 19.4 Å². The predicted molar refractivity (Wildman–Crippen MR) is 64.8 cm³/mol. The highest BCUT2D eigenvalue weighted by atomic mass is 32.2. The van der Waals surface area contributed by atoms with Crippen LogP contribution in [-0.4, -0.2) is 44.2 Å². The lowest BCUT2D eigenvalue weighted by molar-refractivity contribution is 0.255. The van der Waals surface area contributed by atoms with Crippen LogP contribution in [0, 0.1) is 5.92 Å². The minimum Gasteiger partial charge on any atom is -0.311 e. The van der Waals surface area contributed by atoms with Crippen molar-refractivity contribution in [3.63, 3.8) is 0 Å². The van der Waals surface area contributed by atoms with E-state index in [1.54, 1.807) is 4.31 Å². The lowest BCUT2D eigenvalue weighted by atomic mass is 9.99. The monoisotopic (exact) mass is 246 g/mol. The highest BCUT2D eigenvalue weighted by molar-refractivity contribution is 7.88. The van der Waals surface area contributed by atoms with Crippen LogP contribution in [0.3, 0.4) is 0 Å². The summed E-state index contributed by atoms with van der Waals surface area (Å²) in [5.41, 5.74) is 0.355. The summed E-state index contributed by atoms with van der Waals surface area (Å²) < 4.78 is 24.5. The van der Waals surface area contributed by atoms with E-state index >= 15 is 0 Å². The fourth-order valence-corrected chi connectivity index (χ4v) is 3.19. The molecule has 1 saturated heterocycles. The van der Waals surface area contributed by atoms with E-state index in [9.17, 15) is 8.42 Å². The van der Waals surface area contributed by atoms with Crippen LogP contribution in [0.4, 0.5) is 0 Å². The fourth-order valence-electron chi connectivity index (χ4n) is 2.25. The van der Waals surface area contributed by atoms with Crippen LogP contribution in [0.1, 0.15) is 32.6 Å². The van der Waals surface area contributed by atoms with Crippen molar-refractivity contribution in [2.24, 2.45) is 5.92 Å². The number of piperidine rings is 1. The summed E-state index contributed by atoms with van der Waals surface area (Å²) in [5, 5.41) is 3.55. The van der Waals surface area contributed by atoms with Crippen LogP contribution < -0.4 is 5.32 Å². The summed E-state index contributed by atoms with van der Waals surface area (Å²) in [6.45, 7) is 4.60. The molecule has 2 fully saturated rings. The molecule has 0 amide bonds. The van der Waals surface area contributed by atoms with Crippen molar-refractivity contribution < 1.29 is 8.42 Å². The lowest BCUT2D eigenvalue weighted by Crippen LogP contribution is -2.44. The largest absolute Gasteiger partial charge is 0.311 e. The average Bonchev–Trinajstić information content (AvgIpc) is 2.94. The molecular weight excluding hydrogens is 224 g/mol. The van der Waals surface area contributed by atoms with Crippen LogP contribution >= 0.6 is 0 Å². The Morgan fingerprint density at radius 3 is 2.69 bits per heavy atom. The van der Waals surface area contributed by atoms with Gasteiger partial charge in [-0.3, -0.25) is 0 Å². The maximum atomic E-state index is 11.5. The Kier molecular flexibility index (Phi) is 3.29. The van der Waals surface area contributed by atoms with Gasteiger partial charge in [-0.05, 0) is 45.1 Å². The van der Waals surface area contributed by atoms with Crippen molar-refractivity contribution in [2.45, 2.75) is 38.1 Å². The third-order valence-corrected chi connectivity index (χ3v) is 5.04. The molecule has 0 aromatic heterocycles. The summed E-state index contributed by atoms with van der Waals surface area (Å²) in [5.74, 6) is 0.487. The minimum atomic E-state index is -2.99. The molecule has 0 bridgehead atoms. The minimum absolute atomic E-state index is 0.355. The molecule has 94 valence electrons. The molecule has 1 unspecified atom stereocenters. The van der Waals surface area contributed by atoms with Gasteiger partial charge < -0.3 is 5.32 Å². The Morgan fingerprint density at radius 1 is 1.44 bits per heavy atom. The standard InChI is InChI=1S/C11H22N2O2S/c1-11(5-6-11)12-8-10-4-3-7-13(9-10)16(2,14)15/h10,12H,3-9H2,1-2H3. The molecule has 2 aliphatic rings. The molecule has 0 spiro atoms. The first-order valence-electron chi connectivity index (χ1n) is 6.09. The van der Waals surface area contributed by atoms with Crippen molar-refractivity contribution in [3.8, 4) is 0 Å². The maximum absolute atomic E-state index is 11.5. The second kappa shape index (κ2) is 4.27. The van der Waals surface area contributed by atoms with Gasteiger partial charge in [0.2, 0.25) is 10.0 Å². The first-order chi connectivity index (χ1) is 7.39. The summed E-state index contributed by atoms with van der Waals surface area (Å²) >= 11 is 0. The van der Waals surface area contributed by atoms with Gasteiger partial charge in [-0.15, -0.1) is 0 Å². The summed E-state index contributed by atoms with van der Waals surface area (Å²) in [6.07, 6.45) is 5.97. The van der Waals surface area contributed by atoms with E-state index in [1.165, 1.54) is 19.1 Å². The Morgan fingerprint density at radius 2 is 2.12 bits per heavy atom. The molecular formula is C11H22N2O2S. The van der Waals surface area contributed by atoms with Crippen molar-refractivity contribution in [3.05, 3.63) is 0 Å². The number of rotatable bonds is 4. The SMILES string of the molecule is CC1(NCC2CCCN(S(C)(=O)=O)C2)CC1. The predicted octanol–water partition coefficient (Wildman–Crippen LogP) is 0.800. The van der Waals surface area contributed by atoms with Crippen molar-refractivity contribution in [1.29, 1.82) is 0 Å². The van der Waals surface area contributed by atoms with E-state index < -0.39 is 10.0 Å². The van der Waals surface area contributed by atoms with Gasteiger partial charge in [0, 0.05) is 18.6 Å². The third-order valence-electron chi connectivity index (χ3n) is 3.77. The molecule has 1 heterocycles. The summed E-state index contributed by atoms with van der Waals surface area (Å²) in [4.78, 5) is 0. The van der Waals surface area contributed by atoms with Crippen LogP contribution in [-0.2, 0) is 10.0 Å².